The van der Waals surface area contributed by atoms with Crippen molar-refractivity contribution in [2.45, 2.75) is 24.8 Å². The molecule has 28 heavy (non-hydrogen) atoms. The van der Waals surface area contributed by atoms with Crippen LogP contribution in [0.4, 0.5) is 5.69 Å². The van der Waals surface area contributed by atoms with E-state index in [-0.39, 0.29) is 18.0 Å². The third-order valence-electron chi connectivity index (χ3n) is 4.10. The minimum atomic E-state index is -0.493. The van der Waals surface area contributed by atoms with Gasteiger partial charge in [-0.1, -0.05) is 19.1 Å². The number of carbonyl (C=O) groups is 1. The summed E-state index contributed by atoms with van der Waals surface area (Å²) >= 11 is 1.22. The summed E-state index contributed by atoms with van der Waals surface area (Å²) in [4.78, 5) is 34.7. The van der Waals surface area contributed by atoms with Crippen molar-refractivity contribution in [2.75, 3.05) is 5.75 Å². The number of hydrogen-bond acceptors (Lipinski definition) is 7. The molecule has 0 spiro atoms. The number of carbonyl (C=O) groups excluding carboxylic acids is 1. The van der Waals surface area contributed by atoms with Gasteiger partial charge in [-0.15, -0.1) is 11.8 Å². The lowest BCUT2D eigenvalue weighted by Gasteiger charge is -2.08. The van der Waals surface area contributed by atoms with Crippen LogP contribution in [-0.4, -0.2) is 16.6 Å². The van der Waals surface area contributed by atoms with Crippen LogP contribution in [0.3, 0.4) is 0 Å². The summed E-state index contributed by atoms with van der Waals surface area (Å²) in [5.74, 6) is -0.396. The standard InChI is InChI=1S/C20H17NO6S/c1-2-13-3-8-17-14(10-19(22)27-18(17)9-13)11-26-20(23)12-28-16-6-4-15(5-7-16)21(24)25/h3-10H,2,11-12H2,1H3. The van der Waals surface area contributed by atoms with Crippen molar-refractivity contribution in [1.82, 2.24) is 0 Å². The lowest BCUT2D eigenvalue weighted by molar-refractivity contribution is -0.384. The van der Waals surface area contributed by atoms with E-state index in [0.29, 0.717) is 11.1 Å². The van der Waals surface area contributed by atoms with E-state index in [4.69, 9.17) is 9.15 Å². The van der Waals surface area contributed by atoms with Crippen molar-refractivity contribution < 1.29 is 18.9 Å². The van der Waals surface area contributed by atoms with Crippen molar-refractivity contribution in [3.63, 3.8) is 0 Å². The van der Waals surface area contributed by atoms with Gasteiger partial charge in [0.05, 0.1) is 10.7 Å². The molecule has 0 unspecified atom stereocenters. The summed E-state index contributed by atoms with van der Waals surface area (Å²) < 4.78 is 10.5. The average molecular weight is 399 g/mol. The summed E-state index contributed by atoms with van der Waals surface area (Å²) in [5, 5.41) is 11.4. The molecule has 7 nitrogen and oxygen atoms in total. The average Bonchev–Trinajstić information content (AvgIpc) is 2.70. The maximum absolute atomic E-state index is 12.0. The second-order valence-electron chi connectivity index (χ2n) is 5.98. The second-order valence-corrected chi connectivity index (χ2v) is 7.02. The molecule has 0 saturated carbocycles. The van der Waals surface area contributed by atoms with E-state index in [9.17, 15) is 19.7 Å². The van der Waals surface area contributed by atoms with Crippen molar-refractivity contribution >= 4 is 34.4 Å². The number of nitrogens with zero attached hydrogens (tertiary/aromatic N) is 1. The SMILES string of the molecule is CCc1ccc2c(COC(=O)CSc3ccc([N+](=O)[O-])cc3)cc(=O)oc2c1. The van der Waals surface area contributed by atoms with Gasteiger partial charge >= 0.3 is 11.6 Å². The third-order valence-corrected chi connectivity index (χ3v) is 5.08. The van der Waals surface area contributed by atoms with E-state index >= 15 is 0 Å². The molecule has 0 amide bonds. The van der Waals surface area contributed by atoms with Crippen molar-refractivity contribution in [1.29, 1.82) is 0 Å². The van der Waals surface area contributed by atoms with Crippen molar-refractivity contribution in [3.8, 4) is 0 Å². The fourth-order valence-corrected chi connectivity index (χ4v) is 3.32. The molecule has 0 radical (unpaired) electrons. The molecule has 0 aliphatic rings. The predicted octanol–water partition coefficient (Wildman–Crippen LogP) is 4.10. The first kappa shape index (κ1) is 19.6. The number of benzene rings is 2. The molecule has 0 fully saturated rings. The summed E-state index contributed by atoms with van der Waals surface area (Å²) in [5.41, 5.74) is 1.60. The quantitative estimate of drug-likeness (QED) is 0.194. The van der Waals surface area contributed by atoms with Crippen LogP contribution in [0.2, 0.25) is 0 Å². The molecule has 8 heteroatoms. The van der Waals surface area contributed by atoms with Crippen LogP contribution in [0.1, 0.15) is 18.1 Å². The number of thioether (sulfide) groups is 1. The molecule has 0 aliphatic carbocycles. The summed E-state index contributed by atoms with van der Waals surface area (Å²) in [6.07, 6.45) is 0.818. The first-order chi connectivity index (χ1) is 13.5. The van der Waals surface area contributed by atoms with E-state index in [0.717, 1.165) is 22.3 Å². The number of hydrogen-bond donors (Lipinski definition) is 0. The Morgan fingerprint density at radius 3 is 2.61 bits per heavy atom. The van der Waals surface area contributed by atoms with E-state index in [2.05, 4.69) is 0 Å². The maximum atomic E-state index is 12.0. The molecule has 0 bridgehead atoms. The fourth-order valence-electron chi connectivity index (χ4n) is 2.62. The highest BCUT2D eigenvalue weighted by Crippen LogP contribution is 2.23. The molecule has 0 N–H and O–H groups in total. The zero-order valence-corrected chi connectivity index (χ0v) is 15.9. The smallest absolute Gasteiger partial charge is 0.336 e. The molecular formula is C20H17NO6S. The summed E-state index contributed by atoms with van der Waals surface area (Å²) in [6.45, 7) is 1.97. The van der Waals surface area contributed by atoms with Gasteiger partial charge in [-0.3, -0.25) is 14.9 Å². The summed E-state index contributed by atoms with van der Waals surface area (Å²) in [7, 11) is 0. The van der Waals surface area contributed by atoms with Gasteiger partial charge in [0.15, 0.2) is 0 Å². The number of aryl methyl sites for hydroxylation is 1. The van der Waals surface area contributed by atoms with E-state index in [1.165, 1.54) is 30.0 Å². The van der Waals surface area contributed by atoms with Crippen LogP contribution in [0.15, 0.2) is 62.6 Å². The fraction of sp³-hybridized carbons (Fsp3) is 0.200. The molecular weight excluding hydrogens is 382 g/mol. The van der Waals surface area contributed by atoms with Crippen LogP contribution in [0, 0.1) is 10.1 Å². The lowest BCUT2D eigenvalue weighted by Crippen LogP contribution is -2.09. The Hall–Kier alpha value is -3.13. The topological polar surface area (TPSA) is 99.6 Å². The Morgan fingerprint density at radius 1 is 1.18 bits per heavy atom. The molecule has 144 valence electrons. The van der Waals surface area contributed by atoms with Crippen molar-refractivity contribution in [3.05, 3.63) is 80.2 Å². The highest BCUT2D eigenvalue weighted by Gasteiger charge is 2.11. The van der Waals surface area contributed by atoms with Gasteiger partial charge < -0.3 is 9.15 Å². The van der Waals surface area contributed by atoms with Crippen molar-refractivity contribution in [2.24, 2.45) is 0 Å². The zero-order valence-electron chi connectivity index (χ0n) is 15.0. The number of nitro benzene ring substituents is 1. The van der Waals surface area contributed by atoms with Gasteiger partial charge in [0.25, 0.3) is 5.69 Å². The van der Waals surface area contributed by atoms with Crippen LogP contribution in [-0.2, 0) is 22.6 Å². The predicted molar refractivity (Wildman–Crippen MR) is 105 cm³/mol. The van der Waals surface area contributed by atoms with Gasteiger partial charge in [-0.25, -0.2) is 4.79 Å². The maximum Gasteiger partial charge on any atom is 0.336 e. The Bertz CT molecular complexity index is 1070. The minimum Gasteiger partial charge on any atom is -0.460 e. The van der Waals surface area contributed by atoms with Gasteiger partial charge in [-0.2, -0.15) is 0 Å². The normalized spacial score (nSPS) is 10.8. The number of fused-ring (bicyclic) bond motifs is 1. The lowest BCUT2D eigenvalue weighted by atomic mass is 10.1. The zero-order chi connectivity index (χ0) is 20.1. The molecule has 2 aromatic carbocycles. The van der Waals surface area contributed by atoms with Gasteiger partial charge in [0.2, 0.25) is 0 Å². The number of rotatable bonds is 7. The Balaban J connectivity index is 1.62. The number of non-ortho nitro benzene ring substituents is 1. The van der Waals surface area contributed by atoms with Crippen LogP contribution in [0.5, 0.6) is 0 Å². The largest absolute Gasteiger partial charge is 0.460 e. The van der Waals surface area contributed by atoms with Crippen LogP contribution >= 0.6 is 11.8 Å². The van der Waals surface area contributed by atoms with Crippen LogP contribution in [0.25, 0.3) is 11.0 Å². The van der Waals surface area contributed by atoms with Gasteiger partial charge in [-0.05, 0) is 30.2 Å². The third kappa shape index (κ3) is 4.77. The molecule has 3 aromatic rings. The second kappa shape index (κ2) is 8.71. The number of nitro groups is 1. The first-order valence-corrected chi connectivity index (χ1v) is 9.53. The van der Waals surface area contributed by atoms with E-state index < -0.39 is 16.5 Å². The van der Waals surface area contributed by atoms with E-state index in [1.54, 1.807) is 12.1 Å². The van der Waals surface area contributed by atoms with Crippen LogP contribution < -0.4 is 5.63 Å². The summed E-state index contributed by atoms with van der Waals surface area (Å²) in [6, 6.07) is 12.9. The molecule has 1 aromatic heterocycles. The Labute approximate surface area is 164 Å². The highest BCUT2D eigenvalue weighted by molar-refractivity contribution is 8.00. The minimum absolute atomic E-state index is 0.00653. The molecule has 3 rings (SSSR count). The Morgan fingerprint density at radius 2 is 1.93 bits per heavy atom. The molecule has 0 aliphatic heterocycles. The van der Waals surface area contributed by atoms with E-state index in [1.807, 2.05) is 25.1 Å². The number of esters is 1. The van der Waals surface area contributed by atoms with Gasteiger partial charge in [0, 0.05) is 34.0 Å². The Kier molecular flexibility index (Phi) is 6.10. The van der Waals surface area contributed by atoms with Gasteiger partial charge in [0.1, 0.15) is 12.2 Å². The number of ether oxygens (including phenoxy) is 1. The molecule has 0 saturated heterocycles. The highest BCUT2D eigenvalue weighted by atomic mass is 32.2. The molecule has 1 heterocycles. The monoisotopic (exact) mass is 399 g/mol. The molecule has 0 atom stereocenters. The first-order valence-electron chi connectivity index (χ1n) is 8.55.